The second-order valence-corrected chi connectivity index (χ2v) is 0. The van der Waals surface area contributed by atoms with E-state index in [-0.39, 0.29) is 39.5 Å². The van der Waals surface area contributed by atoms with Gasteiger partial charge in [0.05, 0.1) is 0 Å². The maximum absolute atomic E-state index is 0. The third-order valence-corrected chi connectivity index (χ3v) is 0. The Hall–Kier alpha value is -0.354. The summed E-state index contributed by atoms with van der Waals surface area (Å²) >= 11 is 0. The fourth-order valence-corrected chi connectivity index (χ4v) is 0. The van der Waals surface area contributed by atoms with Crippen molar-refractivity contribution in [1.29, 1.82) is 0 Å². The summed E-state index contributed by atoms with van der Waals surface area (Å²) in [6, 6.07) is 0. The third-order valence-electron chi connectivity index (χ3n) is 0. The van der Waals surface area contributed by atoms with E-state index in [4.69, 9.17) is 0 Å². The molecule has 0 atom stereocenters. The van der Waals surface area contributed by atoms with Gasteiger partial charge in [0.15, 0.2) is 0 Å². The van der Waals surface area contributed by atoms with E-state index >= 15 is 0 Å². The van der Waals surface area contributed by atoms with Gasteiger partial charge in [-0.25, -0.2) is 0 Å². The number of rotatable bonds is 0. The van der Waals surface area contributed by atoms with Crippen LogP contribution in [0.25, 0.3) is 0 Å². The Balaban J connectivity index is 0. The largest absolute Gasteiger partial charge is 4.00 e. The molecule has 0 aromatic rings. The van der Waals surface area contributed by atoms with Crippen LogP contribution in [0.2, 0.25) is 0 Å². The molecule has 0 amide bonds. The second kappa shape index (κ2) is 204. The molecule has 22 valence electrons. The molecule has 0 aliphatic heterocycles. The van der Waals surface area contributed by atoms with Crippen molar-refractivity contribution >= 4 is 23.1 Å². The van der Waals surface area contributed by atoms with Crippen LogP contribution in [0.1, 0.15) is 0 Å². The number of hydrogen-bond acceptors (Lipinski definition) is 0. The molecular weight excluding hydrogens is 339 g/mol. The molecule has 3 nitrogen and oxygen atoms in total. The quantitative estimate of drug-likeness (QED) is 0.521. The Kier molecular flexibility index (Phi) is 20100. The van der Waals surface area contributed by atoms with Crippen LogP contribution in [0, 0.1) is 0 Å². The Morgan fingerprint density at radius 1 is 0.600 bits per heavy atom. The van der Waals surface area contributed by atoms with Crippen LogP contribution in [0.5, 0.6) is 0 Å². The maximum atomic E-state index is 0. The summed E-state index contributed by atoms with van der Waals surface area (Å²) < 4.78 is 0. The van der Waals surface area contributed by atoms with Crippen molar-refractivity contribution in [2.24, 2.45) is 0 Å². The molecule has 0 bridgehead atoms. The van der Waals surface area contributed by atoms with E-state index in [9.17, 15) is 0 Å². The molecule has 0 saturated heterocycles. The van der Waals surface area contributed by atoms with Gasteiger partial charge < -0.3 is 16.4 Å². The van der Waals surface area contributed by atoms with Crippen molar-refractivity contribution in [2.45, 2.75) is 0 Å². The monoisotopic (exact) mass is 339 g/mol. The molecule has 0 fully saturated rings. The van der Waals surface area contributed by atoms with Crippen LogP contribution >= 0.6 is 0 Å². The van der Waals surface area contributed by atoms with Gasteiger partial charge in [-0.15, -0.1) is 0 Å². The normalized spacial score (nSPS) is 0. The van der Waals surface area contributed by atoms with Crippen molar-refractivity contribution in [1.82, 2.24) is 0 Å². The SMILES string of the molecule is [Mg+2].[O-2].[O-2].[O-2].[Rf+4]. The average Bonchev–Trinajstić information content (AvgIpc) is 0. The van der Waals surface area contributed by atoms with Crippen molar-refractivity contribution < 1.29 is 16.4 Å². The summed E-state index contributed by atoms with van der Waals surface area (Å²) in [5.74, 6) is 0. The van der Waals surface area contributed by atoms with Crippen molar-refractivity contribution in [3.63, 3.8) is 0 Å². The van der Waals surface area contributed by atoms with Gasteiger partial charge >= 0.3 is 23.1 Å². The van der Waals surface area contributed by atoms with Gasteiger partial charge in [-0.1, -0.05) is 0 Å². The minimum atomic E-state index is 0. The predicted molar refractivity (Wildman–Crippen MR) is 7.81 cm³/mol. The summed E-state index contributed by atoms with van der Waals surface area (Å²) in [4.78, 5) is 0. The summed E-state index contributed by atoms with van der Waals surface area (Å²) in [6.45, 7) is 0. The first kappa shape index (κ1) is 494. The topological polar surface area (TPSA) is 85.5 Å². The van der Waals surface area contributed by atoms with Gasteiger partial charge in [0.2, 0.25) is 0 Å². The molecule has 0 rings (SSSR count). The molecule has 5 heavy (non-hydrogen) atoms. The molecule has 0 unspecified atom stereocenters. The summed E-state index contributed by atoms with van der Waals surface area (Å²) in [6.07, 6.45) is 0. The van der Waals surface area contributed by atoms with Crippen LogP contribution in [0.4, 0.5) is 0 Å². The molecule has 0 N–H and O–H groups in total. The smallest absolute Gasteiger partial charge is 2.00 e. The first-order valence-electron chi connectivity index (χ1n) is 0. The first-order chi connectivity index (χ1) is 0. The Morgan fingerprint density at radius 3 is 0.600 bits per heavy atom. The molecule has 0 heterocycles. The maximum Gasteiger partial charge on any atom is 4.00 e. The standard InChI is InChI=1S/Mg.3O.Rf/q+2;3*-2;+4. The minimum absolute atomic E-state index is 0. The van der Waals surface area contributed by atoms with Gasteiger partial charge in [0.25, 0.3) is 0 Å². The van der Waals surface area contributed by atoms with Gasteiger partial charge in [-0.3, -0.25) is 0 Å². The van der Waals surface area contributed by atoms with E-state index in [0.29, 0.717) is 0 Å². The third kappa shape index (κ3) is 79.0. The zero-order valence-corrected chi connectivity index (χ0v) is 10.5. The summed E-state index contributed by atoms with van der Waals surface area (Å²) in [5.41, 5.74) is 0. The molecule has 0 spiro atoms. The summed E-state index contributed by atoms with van der Waals surface area (Å²) in [7, 11) is 0. The fourth-order valence-electron chi connectivity index (χ4n) is 0. The van der Waals surface area contributed by atoms with E-state index in [1.165, 1.54) is 0 Å². The Morgan fingerprint density at radius 2 is 0.600 bits per heavy atom. The first-order valence-corrected chi connectivity index (χ1v) is 0. The molecule has 0 aliphatic carbocycles. The van der Waals surface area contributed by atoms with Crippen LogP contribution in [-0.2, 0) is 16.4 Å². The van der Waals surface area contributed by atoms with E-state index in [1.54, 1.807) is 0 Å². The van der Waals surface area contributed by atoms with Crippen LogP contribution in [0.3, 0.4) is 0 Å². The van der Waals surface area contributed by atoms with Crippen molar-refractivity contribution in [3.05, 3.63) is 0 Å². The van der Waals surface area contributed by atoms with E-state index in [2.05, 4.69) is 0 Å². The Bertz CT molecular complexity index is 6.85. The van der Waals surface area contributed by atoms with Crippen LogP contribution in [-0.4, -0.2) is 23.1 Å². The fraction of sp³-hybridized carbons (Fsp3) is 0. The van der Waals surface area contributed by atoms with Crippen molar-refractivity contribution in [2.75, 3.05) is 0 Å². The second-order valence-electron chi connectivity index (χ2n) is 0. The van der Waals surface area contributed by atoms with Gasteiger partial charge in [0, 0.05) is 0 Å². The minimum Gasteiger partial charge on any atom is -2.00 e. The average molecular weight is 339 g/mol. The zero-order valence-electron chi connectivity index (χ0n) is 2.64. The summed E-state index contributed by atoms with van der Waals surface area (Å²) in [5, 5.41) is 0. The Labute approximate surface area is 40.1 Å². The molecule has 0 aromatic heterocycles. The molecule has 0 aromatic carbocycles. The van der Waals surface area contributed by atoms with Gasteiger partial charge in [-0.05, 0) is 0 Å². The van der Waals surface area contributed by atoms with Gasteiger partial charge in [0.1, 0.15) is 0 Å². The van der Waals surface area contributed by atoms with Crippen LogP contribution < -0.4 is 0 Å². The van der Waals surface area contributed by atoms with E-state index < -0.39 is 0 Å². The zero-order chi connectivity index (χ0) is 0. The van der Waals surface area contributed by atoms with Crippen LogP contribution in [0.15, 0.2) is 0 Å². The van der Waals surface area contributed by atoms with E-state index in [0.717, 1.165) is 0 Å². The van der Waals surface area contributed by atoms with E-state index in [1.807, 2.05) is 0 Å². The molecular formula is MgO3Rf. The molecule has 0 saturated carbocycles. The molecule has 5 heteroatoms. The predicted octanol–water partition coefficient (Wildman–Crippen LogP) is -0.737. The van der Waals surface area contributed by atoms with Gasteiger partial charge in [-0.2, -0.15) is 0 Å². The molecule has 0 radical (unpaired) electrons. The number of hydrogen-bond donors (Lipinski definition) is 0. The molecule has 0 aliphatic rings. The van der Waals surface area contributed by atoms with Crippen molar-refractivity contribution in [3.8, 4) is 0 Å².